The lowest BCUT2D eigenvalue weighted by Crippen LogP contribution is -2.10. The zero-order chi connectivity index (χ0) is 15.0. The van der Waals surface area contributed by atoms with Gasteiger partial charge in [-0.15, -0.1) is 0 Å². The predicted molar refractivity (Wildman–Crippen MR) is 78.8 cm³/mol. The molecule has 0 unspecified atom stereocenters. The van der Waals surface area contributed by atoms with Gasteiger partial charge in [0.15, 0.2) is 17.2 Å². The van der Waals surface area contributed by atoms with E-state index >= 15 is 0 Å². The number of imidazole rings is 1. The molecule has 0 saturated heterocycles. The van der Waals surface area contributed by atoms with Crippen molar-refractivity contribution < 1.29 is 9.53 Å². The number of ether oxygens (including phenoxy) is 1. The van der Waals surface area contributed by atoms with Crippen molar-refractivity contribution in [3.8, 4) is 11.5 Å². The molecule has 0 aromatic carbocycles. The van der Waals surface area contributed by atoms with Gasteiger partial charge in [0, 0.05) is 31.6 Å². The van der Waals surface area contributed by atoms with Crippen molar-refractivity contribution in [2.24, 2.45) is 7.05 Å². The number of hydrogen-bond donors (Lipinski definition) is 0. The van der Waals surface area contributed by atoms with E-state index in [0.29, 0.717) is 28.4 Å². The van der Waals surface area contributed by atoms with E-state index in [-0.39, 0.29) is 5.69 Å². The average Bonchev–Trinajstić information content (AvgIpc) is 3.02. The minimum atomic E-state index is -0.465. The Morgan fingerprint density at radius 1 is 1.43 bits per heavy atom. The summed E-state index contributed by atoms with van der Waals surface area (Å²) >= 11 is 3.32. The molecule has 3 aromatic rings. The van der Waals surface area contributed by atoms with Gasteiger partial charge in [0.25, 0.3) is 0 Å². The Balaban J connectivity index is 2.25. The SMILES string of the molecule is CCOC(=O)c1cc(-c2nccn2C)n2nc(Br)cc2n1. The molecule has 0 aliphatic rings. The first-order valence-electron chi connectivity index (χ1n) is 6.31. The Labute approximate surface area is 128 Å². The van der Waals surface area contributed by atoms with Gasteiger partial charge in [0.05, 0.1) is 6.61 Å². The van der Waals surface area contributed by atoms with E-state index < -0.39 is 5.97 Å². The first kappa shape index (κ1) is 13.7. The Hall–Kier alpha value is -2.22. The van der Waals surface area contributed by atoms with Gasteiger partial charge in [-0.3, -0.25) is 0 Å². The van der Waals surface area contributed by atoms with Crippen molar-refractivity contribution in [1.82, 2.24) is 24.1 Å². The second-order valence-electron chi connectivity index (χ2n) is 4.35. The number of aryl methyl sites for hydroxylation is 1. The van der Waals surface area contributed by atoms with E-state index in [9.17, 15) is 4.79 Å². The normalized spacial score (nSPS) is 11.0. The lowest BCUT2D eigenvalue weighted by atomic mass is 10.3. The van der Waals surface area contributed by atoms with Gasteiger partial charge in [-0.05, 0) is 22.9 Å². The van der Waals surface area contributed by atoms with Gasteiger partial charge < -0.3 is 9.30 Å². The molecule has 7 nitrogen and oxygen atoms in total. The van der Waals surface area contributed by atoms with Crippen LogP contribution in [0.3, 0.4) is 0 Å². The van der Waals surface area contributed by atoms with E-state index in [2.05, 4.69) is 31.0 Å². The molecule has 8 heteroatoms. The number of esters is 1. The van der Waals surface area contributed by atoms with Crippen LogP contribution in [-0.2, 0) is 11.8 Å². The van der Waals surface area contributed by atoms with Crippen molar-refractivity contribution in [3.63, 3.8) is 0 Å². The Bertz CT molecular complexity index is 823. The lowest BCUT2D eigenvalue weighted by molar-refractivity contribution is 0.0519. The fourth-order valence-electron chi connectivity index (χ4n) is 2.03. The Morgan fingerprint density at radius 3 is 2.90 bits per heavy atom. The predicted octanol–water partition coefficient (Wildman–Crippen LogP) is 2.07. The van der Waals surface area contributed by atoms with E-state index in [1.54, 1.807) is 29.8 Å². The molecule has 0 saturated carbocycles. The largest absolute Gasteiger partial charge is 0.461 e. The number of fused-ring (bicyclic) bond motifs is 1. The highest BCUT2D eigenvalue weighted by molar-refractivity contribution is 9.10. The summed E-state index contributed by atoms with van der Waals surface area (Å²) in [7, 11) is 1.87. The maximum absolute atomic E-state index is 11.9. The maximum atomic E-state index is 11.9. The quantitative estimate of drug-likeness (QED) is 0.676. The number of aromatic nitrogens is 5. The van der Waals surface area contributed by atoms with Crippen LogP contribution in [0.2, 0.25) is 0 Å². The highest BCUT2D eigenvalue weighted by Gasteiger charge is 2.17. The van der Waals surface area contributed by atoms with Gasteiger partial charge in [-0.2, -0.15) is 5.10 Å². The van der Waals surface area contributed by atoms with Gasteiger partial charge in [0.2, 0.25) is 0 Å². The van der Waals surface area contributed by atoms with Gasteiger partial charge in [-0.1, -0.05) is 0 Å². The summed E-state index contributed by atoms with van der Waals surface area (Å²) in [4.78, 5) is 20.5. The standard InChI is InChI=1S/C13H12BrN5O2/c1-3-21-13(20)8-6-9(12-15-4-5-18(12)2)19-11(16-8)7-10(14)17-19/h4-7H,3H2,1-2H3. The highest BCUT2D eigenvalue weighted by Crippen LogP contribution is 2.21. The average molecular weight is 350 g/mol. The smallest absolute Gasteiger partial charge is 0.357 e. The molecule has 0 N–H and O–H groups in total. The van der Waals surface area contributed by atoms with Crippen molar-refractivity contribution in [1.29, 1.82) is 0 Å². The molecule has 0 amide bonds. The van der Waals surface area contributed by atoms with Gasteiger partial charge >= 0.3 is 5.97 Å². The number of halogens is 1. The van der Waals surface area contributed by atoms with Crippen LogP contribution >= 0.6 is 15.9 Å². The minimum absolute atomic E-state index is 0.231. The van der Waals surface area contributed by atoms with E-state index in [1.807, 2.05) is 17.8 Å². The summed E-state index contributed by atoms with van der Waals surface area (Å²) < 4.78 is 9.13. The summed E-state index contributed by atoms with van der Waals surface area (Å²) in [5.41, 5.74) is 1.45. The molecule has 3 rings (SSSR count). The van der Waals surface area contributed by atoms with E-state index in [0.717, 1.165) is 0 Å². The van der Waals surface area contributed by atoms with Crippen LogP contribution < -0.4 is 0 Å². The van der Waals surface area contributed by atoms with Crippen molar-refractivity contribution in [2.75, 3.05) is 6.61 Å². The van der Waals surface area contributed by atoms with Crippen LogP contribution in [0.15, 0.2) is 29.1 Å². The van der Waals surface area contributed by atoms with E-state index in [4.69, 9.17) is 4.74 Å². The summed E-state index contributed by atoms with van der Waals surface area (Å²) in [6, 6.07) is 3.36. The zero-order valence-electron chi connectivity index (χ0n) is 11.4. The molecule has 21 heavy (non-hydrogen) atoms. The van der Waals surface area contributed by atoms with Crippen LogP contribution in [0.4, 0.5) is 0 Å². The first-order valence-corrected chi connectivity index (χ1v) is 7.10. The minimum Gasteiger partial charge on any atom is -0.461 e. The third kappa shape index (κ3) is 2.42. The van der Waals surface area contributed by atoms with Gasteiger partial charge in [-0.25, -0.2) is 19.3 Å². The molecule has 0 aliphatic heterocycles. The van der Waals surface area contributed by atoms with Crippen molar-refractivity contribution >= 4 is 27.5 Å². The molecular formula is C13H12BrN5O2. The van der Waals surface area contributed by atoms with Crippen molar-refractivity contribution in [2.45, 2.75) is 6.92 Å². The number of nitrogens with zero attached hydrogens (tertiary/aromatic N) is 5. The molecule has 0 aliphatic carbocycles. The third-order valence-electron chi connectivity index (χ3n) is 2.93. The fraction of sp³-hybridized carbons (Fsp3) is 0.231. The molecule has 0 atom stereocenters. The topological polar surface area (TPSA) is 74.3 Å². The summed E-state index contributed by atoms with van der Waals surface area (Å²) in [6.07, 6.45) is 3.51. The number of carbonyl (C=O) groups is 1. The highest BCUT2D eigenvalue weighted by atomic mass is 79.9. The maximum Gasteiger partial charge on any atom is 0.357 e. The summed E-state index contributed by atoms with van der Waals surface area (Å²) in [5.74, 6) is 0.219. The molecule has 0 fully saturated rings. The van der Waals surface area contributed by atoms with Crippen LogP contribution in [-0.4, -0.2) is 36.7 Å². The van der Waals surface area contributed by atoms with Crippen LogP contribution in [0, 0.1) is 0 Å². The fourth-order valence-corrected chi connectivity index (χ4v) is 2.39. The van der Waals surface area contributed by atoms with Gasteiger partial charge in [0.1, 0.15) is 10.3 Å². The molecule has 0 radical (unpaired) electrons. The number of carbonyl (C=O) groups excluding carboxylic acids is 1. The molecule has 0 bridgehead atoms. The van der Waals surface area contributed by atoms with E-state index in [1.165, 1.54) is 0 Å². The second kappa shape index (κ2) is 5.28. The van der Waals surface area contributed by atoms with Crippen LogP contribution in [0.25, 0.3) is 17.2 Å². The summed E-state index contributed by atoms with van der Waals surface area (Å²) in [6.45, 7) is 2.05. The number of rotatable bonds is 3. The van der Waals surface area contributed by atoms with Crippen molar-refractivity contribution in [3.05, 3.63) is 34.8 Å². The van der Waals surface area contributed by atoms with Crippen LogP contribution in [0.5, 0.6) is 0 Å². The zero-order valence-corrected chi connectivity index (χ0v) is 13.0. The first-order chi connectivity index (χ1) is 10.1. The molecule has 3 aromatic heterocycles. The second-order valence-corrected chi connectivity index (χ2v) is 5.16. The van der Waals surface area contributed by atoms with Crippen LogP contribution in [0.1, 0.15) is 17.4 Å². The number of hydrogen-bond acceptors (Lipinski definition) is 5. The molecule has 0 spiro atoms. The lowest BCUT2D eigenvalue weighted by Gasteiger charge is -2.07. The monoisotopic (exact) mass is 349 g/mol. The molecule has 3 heterocycles. The molecular weight excluding hydrogens is 338 g/mol. The third-order valence-corrected chi connectivity index (χ3v) is 3.32. The molecule has 108 valence electrons. The Kier molecular flexibility index (Phi) is 3.46. The summed E-state index contributed by atoms with van der Waals surface area (Å²) in [5, 5.41) is 4.32. The Morgan fingerprint density at radius 2 is 2.24 bits per heavy atom.